The van der Waals surface area contributed by atoms with Crippen LogP contribution in [0.1, 0.15) is 25.3 Å². The zero-order chi connectivity index (χ0) is 10.4. The van der Waals surface area contributed by atoms with Crippen molar-refractivity contribution in [1.82, 2.24) is 0 Å². The summed E-state index contributed by atoms with van der Waals surface area (Å²) < 4.78 is 0. The molecule has 0 aliphatic carbocycles. The molecule has 0 heterocycles. The third-order valence-corrected chi connectivity index (χ3v) is 2.26. The second-order valence-corrected chi connectivity index (χ2v) is 3.38. The number of benzene rings is 1. The largest absolute Gasteiger partial charge is 0.384 e. The van der Waals surface area contributed by atoms with Gasteiger partial charge in [0, 0.05) is 25.1 Å². The molecule has 0 aliphatic rings. The maximum Gasteiger partial charge on any atom is 0.134 e. The van der Waals surface area contributed by atoms with E-state index >= 15 is 0 Å². The number of rotatable bonds is 5. The zero-order valence-corrected chi connectivity index (χ0v) is 8.84. The van der Waals surface area contributed by atoms with Gasteiger partial charge in [-0.3, -0.25) is 4.79 Å². The monoisotopic (exact) mass is 191 g/mol. The van der Waals surface area contributed by atoms with Crippen LogP contribution in [0.2, 0.25) is 0 Å². The Balaban J connectivity index is 2.39. The lowest BCUT2D eigenvalue weighted by atomic mass is 10.2. The molecule has 0 spiro atoms. The minimum Gasteiger partial charge on any atom is -0.384 e. The Labute approximate surface area is 85.3 Å². The van der Waals surface area contributed by atoms with Crippen LogP contribution in [-0.2, 0) is 4.79 Å². The summed E-state index contributed by atoms with van der Waals surface area (Å²) in [6.45, 7) is 4.69. The number of carbonyl (C=O) groups excluding carboxylic acids is 1. The lowest BCUT2D eigenvalue weighted by Gasteiger charge is -2.07. The Morgan fingerprint density at radius 2 is 2.07 bits per heavy atom. The number of hydrogen-bond donors (Lipinski definition) is 1. The summed E-state index contributed by atoms with van der Waals surface area (Å²) in [6, 6.07) is 8.10. The van der Waals surface area contributed by atoms with Gasteiger partial charge in [0.2, 0.25) is 0 Å². The summed E-state index contributed by atoms with van der Waals surface area (Å²) in [5, 5.41) is 3.26. The first kappa shape index (κ1) is 10.8. The molecule has 14 heavy (non-hydrogen) atoms. The smallest absolute Gasteiger partial charge is 0.134 e. The number of Topliss-reactive ketones (excluding diaryl/α,β-unsaturated/α-hetero) is 1. The minimum absolute atomic E-state index is 0.311. The Morgan fingerprint density at radius 3 is 2.71 bits per heavy atom. The highest BCUT2D eigenvalue weighted by Crippen LogP contribution is 2.12. The van der Waals surface area contributed by atoms with E-state index in [-0.39, 0.29) is 0 Å². The Bertz CT molecular complexity index is 307. The molecule has 0 fully saturated rings. The summed E-state index contributed by atoms with van der Waals surface area (Å²) in [5.41, 5.74) is 2.34. The van der Waals surface area contributed by atoms with E-state index in [4.69, 9.17) is 0 Å². The molecule has 0 unspecified atom stereocenters. The molecule has 0 atom stereocenters. The number of nitrogens with one attached hydrogen (secondary N) is 1. The molecule has 0 amide bonds. The molecular formula is C12H17NO. The number of anilines is 1. The van der Waals surface area contributed by atoms with Gasteiger partial charge in [-0.1, -0.05) is 25.1 Å². The van der Waals surface area contributed by atoms with Gasteiger partial charge in [-0.05, 0) is 18.6 Å². The van der Waals surface area contributed by atoms with Gasteiger partial charge in [0.15, 0.2) is 0 Å². The fourth-order valence-corrected chi connectivity index (χ4v) is 1.28. The van der Waals surface area contributed by atoms with Crippen molar-refractivity contribution in [2.45, 2.75) is 26.7 Å². The molecule has 76 valence electrons. The number of ketones is 1. The Morgan fingerprint density at radius 1 is 1.36 bits per heavy atom. The molecule has 1 aromatic rings. The summed E-state index contributed by atoms with van der Waals surface area (Å²) in [4.78, 5) is 11.0. The molecule has 1 N–H and O–H groups in total. The van der Waals surface area contributed by atoms with E-state index in [1.54, 1.807) is 0 Å². The second kappa shape index (κ2) is 5.43. The second-order valence-electron chi connectivity index (χ2n) is 3.38. The first-order valence-electron chi connectivity index (χ1n) is 5.05. The molecule has 0 saturated carbocycles. The maximum atomic E-state index is 11.0. The highest BCUT2D eigenvalue weighted by atomic mass is 16.1. The topological polar surface area (TPSA) is 29.1 Å². The van der Waals surface area contributed by atoms with E-state index in [0.29, 0.717) is 18.6 Å². The number of para-hydroxylation sites is 1. The van der Waals surface area contributed by atoms with Crippen LogP contribution in [0.3, 0.4) is 0 Å². The third-order valence-electron chi connectivity index (χ3n) is 2.26. The fraction of sp³-hybridized carbons (Fsp3) is 0.417. The Hall–Kier alpha value is -1.31. The van der Waals surface area contributed by atoms with Crippen LogP contribution in [0.25, 0.3) is 0 Å². The van der Waals surface area contributed by atoms with Gasteiger partial charge in [-0.25, -0.2) is 0 Å². The summed E-state index contributed by atoms with van der Waals surface area (Å²) in [6.07, 6.45) is 1.25. The van der Waals surface area contributed by atoms with Crippen molar-refractivity contribution in [2.75, 3.05) is 11.9 Å². The standard InChI is InChI=1S/C12H17NO/c1-3-11(14)8-9-13-12-7-5-4-6-10(12)2/h4-7,13H,3,8-9H2,1-2H3. The lowest BCUT2D eigenvalue weighted by Crippen LogP contribution is -2.08. The van der Waals surface area contributed by atoms with Gasteiger partial charge in [0.05, 0.1) is 0 Å². The molecule has 2 nitrogen and oxygen atoms in total. The van der Waals surface area contributed by atoms with Gasteiger partial charge in [-0.15, -0.1) is 0 Å². The predicted molar refractivity (Wildman–Crippen MR) is 59.6 cm³/mol. The van der Waals surface area contributed by atoms with Crippen molar-refractivity contribution in [2.24, 2.45) is 0 Å². The highest BCUT2D eigenvalue weighted by molar-refractivity contribution is 5.78. The number of hydrogen-bond acceptors (Lipinski definition) is 2. The molecule has 0 aliphatic heterocycles. The van der Waals surface area contributed by atoms with Gasteiger partial charge >= 0.3 is 0 Å². The van der Waals surface area contributed by atoms with Crippen molar-refractivity contribution in [1.29, 1.82) is 0 Å². The third kappa shape index (κ3) is 3.21. The van der Waals surface area contributed by atoms with Gasteiger partial charge < -0.3 is 5.32 Å². The minimum atomic E-state index is 0.311. The van der Waals surface area contributed by atoms with Crippen LogP contribution < -0.4 is 5.32 Å². The average Bonchev–Trinajstić information content (AvgIpc) is 2.20. The normalized spacial score (nSPS) is 9.86. The van der Waals surface area contributed by atoms with E-state index in [2.05, 4.69) is 18.3 Å². The first-order chi connectivity index (χ1) is 6.74. The first-order valence-corrected chi connectivity index (χ1v) is 5.05. The molecular weight excluding hydrogens is 174 g/mol. The average molecular weight is 191 g/mol. The number of aryl methyl sites for hydroxylation is 1. The summed E-state index contributed by atoms with van der Waals surface area (Å²) in [7, 11) is 0. The van der Waals surface area contributed by atoms with E-state index in [1.165, 1.54) is 5.56 Å². The molecule has 0 saturated heterocycles. The van der Waals surface area contributed by atoms with E-state index in [0.717, 1.165) is 12.2 Å². The predicted octanol–water partition coefficient (Wildman–Crippen LogP) is 2.78. The van der Waals surface area contributed by atoms with Crippen molar-refractivity contribution >= 4 is 11.5 Å². The zero-order valence-electron chi connectivity index (χ0n) is 8.84. The van der Waals surface area contributed by atoms with E-state index < -0.39 is 0 Å². The van der Waals surface area contributed by atoms with Crippen LogP contribution >= 0.6 is 0 Å². The van der Waals surface area contributed by atoms with Gasteiger partial charge in [0.25, 0.3) is 0 Å². The molecule has 0 aromatic heterocycles. The van der Waals surface area contributed by atoms with E-state index in [1.807, 2.05) is 25.1 Å². The van der Waals surface area contributed by atoms with Crippen molar-refractivity contribution in [3.05, 3.63) is 29.8 Å². The molecule has 2 heteroatoms. The van der Waals surface area contributed by atoms with Crippen molar-refractivity contribution < 1.29 is 4.79 Å². The summed E-state index contributed by atoms with van der Waals surface area (Å²) >= 11 is 0. The number of carbonyl (C=O) groups is 1. The van der Waals surface area contributed by atoms with E-state index in [9.17, 15) is 4.79 Å². The molecule has 1 aromatic carbocycles. The van der Waals surface area contributed by atoms with Crippen LogP contribution in [0.5, 0.6) is 0 Å². The quantitative estimate of drug-likeness (QED) is 0.775. The molecule has 0 bridgehead atoms. The van der Waals surface area contributed by atoms with Crippen LogP contribution in [0.15, 0.2) is 24.3 Å². The lowest BCUT2D eigenvalue weighted by molar-refractivity contribution is -0.118. The van der Waals surface area contributed by atoms with Gasteiger partial charge in [0.1, 0.15) is 5.78 Å². The van der Waals surface area contributed by atoms with Gasteiger partial charge in [-0.2, -0.15) is 0 Å². The van der Waals surface area contributed by atoms with Crippen molar-refractivity contribution in [3.8, 4) is 0 Å². The SMILES string of the molecule is CCC(=O)CCNc1ccccc1C. The summed E-state index contributed by atoms with van der Waals surface area (Å²) in [5.74, 6) is 0.311. The fourth-order valence-electron chi connectivity index (χ4n) is 1.28. The van der Waals surface area contributed by atoms with Crippen LogP contribution in [0.4, 0.5) is 5.69 Å². The molecule has 0 radical (unpaired) electrons. The highest BCUT2D eigenvalue weighted by Gasteiger charge is 1.98. The van der Waals surface area contributed by atoms with Crippen LogP contribution in [0, 0.1) is 6.92 Å². The maximum absolute atomic E-state index is 11.0. The molecule has 1 rings (SSSR count). The Kier molecular flexibility index (Phi) is 4.17. The van der Waals surface area contributed by atoms with Crippen LogP contribution in [-0.4, -0.2) is 12.3 Å². The van der Waals surface area contributed by atoms with Crippen molar-refractivity contribution in [3.63, 3.8) is 0 Å².